The van der Waals surface area contributed by atoms with Crippen LogP contribution in [0.2, 0.25) is 0 Å². The number of hydrogen-bond donors (Lipinski definition) is 10. The highest BCUT2D eigenvalue weighted by Gasteiger charge is 2.37. The maximum Gasteiger partial charge on any atom is 0.415 e. The molecule has 26 nitrogen and oxygen atoms in total. The minimum atomic E-state index is -1.19. The average Bonchev–Trinajstić information content (AvgIpc) is 1.59. The quantitative estimate of drug-likeness (QED) is 0.0109. The Morgan fingerprint density at radius 1 is 0.882 bits per heavy atom. The molecule has 3 aromatic carbocycles. The van der Waals surface area contributed by atoms with E-state index >= 15 is 0 Å². The number of likely N-dealkylation sites (tertiary alicyclic amines) is 1. The number of hydrogen-bond acceptors (Lipinski definition) is 17. The van der Waals surface area contributed by atoms with E-state index in [1.807, 2.05) is 37.3 Å². The van der Waals surface area contributed by atoms with Crippen molar-refractivity contribution in [2.24, 2.45) is 17.4 Å². The summed E-state index contributed by atoms with van der Waals surface area (Å²) in [6.45, 7) is 9.77. The molecule has 4 atom stereocenters. The molecule has 4 unspecified atom stereocenters. The Kier molecular flexibility index (Phi) is 24.9. The van der Waals surface area contributed by atoms with Crippen molar-refractivity contribution in [2.75, 3.05) is 88.4 Å². The number of rotatable bonds is 32. The molecule has 8 amide bonds. The number of nitrogens with zero attached hydrogens (tertiary/aromatic N) is 5. The molecule has 5 heterocycles. The number of alkyl halides is 1. The summed E-state index contributed by atoms with van der Waals surface area (Å²) in [5, 5.41) is 42.3. The Morgan fingerprint density at radius 3 is 2.31 bits per heavy atom. The number of likely N-dealkylation sites (N-methyl/N-ethyl adjacent to an activating group) is 2. The average molecular weight is 1340 g/mol. The fourth-order valence-electron chi connectivity index (χ4n) is 10.9. The Bertz CT molecular complexity index is 3650. The second kappa shape index (κ2) is 32.9. The first-order valence-electron chi connectivity index (χ1n) is 31.0. The molecule has 93 heavy (non-hydrogen) atoms. The van der Waals surface area contributed by atoms with Crippen LogP contribution in [-0.2, 0) is 37.1 Å². The fraction of sp³-hybridized carbons (Fsp3) is 0.469. The van der Waals surface area contributed by atoms with E-state index < -0.39 is 60.0 Å². The van der Waals surface area contributed by atoms with E-state index in [-0.39, 0.29) is 104 Å². The third-order valence-corrected chi connectivity index (χ3v) is 18.8. The second-order valence-electron chi connectivity index (χ2n) is 23.6. The molecule has 6 aromatic rings. The van der Waals surface area contributed by atoms with Gasteiger partial charge in [-0.3, -0.25) is 33.4 Å². The highest BCUT2D eigenvalue weighted by atomic mass is 35.5. The number of carbonyl (C=O) groups is 8. The van der Waals surface area contributed by atoms with Crippen molar-refractivity contribution in [3.8, 4) is 23.3 Å². The first-order chi connectivity index (χ1) is 44.5. The van der Waals surface area contributed by atoms with E-state index in [9.17, 15) is 48.6 Å². The van der Waals surface area contributed by atoms with E-state index in [1.54, 1.807) is 56.1 Å². The van der Waals surface area contributed by atoms with Crippen LogP contribution in [-0.4, -0.2) is 184 Å². The first-order valence-corrected chi connectivity index (χ1v) is 33.3. The van der Waals surface area contributed by atoms with E-state index in [0.717, 1.165) is 68.6 Å². The lowest BCUT2D eigenvalue weighted by Gasteiger charge is -2.25. The molecule has 0 bridgehead atoms. The lowest BCUT2D eigenvalue weighted by Crippen LogP contribution is -2.54. The molecule has 3 aromatic heterocycles. The molecule has 12 N–H and O–H groups in total. The minimum absolute atomic E-state index is 0.0135. The molecule has 2 aliphatic rings. The molecular weight excluding hydrogens is 1260 g/mol. The van der Waals surface area contributed by atoms with Crippen LogP contribution in [0.4, 0.5) is 25.8 Å². The SMILES string of the molecule is Cc1cc2c(OC(=O)N(C)CCN(C)C(=O)OCc3ccc(NC(=O)C(CCCNC(N)=O)NC(=O)C(NC(=O)CCCCCn4c(O)cc(SCC(N)C(=O)O)c4O)C(C)C)cc3)cc3c(c2s1)C(CCl)CN3C(=O)c1cc2cc(OCCN3CCCC3)ccc2[nH]1. The van der Waals surface area contributed by atoms with Gasteiger partial charge in [-0.2, -0.15) is 0 Å². The lowest BCUT2D eigenvalue weighted by atomic mass is 10.0. The second-order valence-corrected chi connectivity index (χ2v) is 26.3. The third kappa shape index (κ3) is 18.9. The van der Waals surface area contributed by atoms with Crippen LogP contribution in [0.1, 0.15) is 97.6 Å². The van der Waals surface area contributed by atoms with Gasteiger partial charge in [-0.15, -0.1) is 34.7 Å². The molecule has 8 rings (SSSR count). The molecule has 502 valence electrons. The maximum absolute atomic E-state index is 14.4. The highest BCUT2D eigenvalue weighted by Crippen LogP contribution is 2.49. The highest BCUT2D eigenvalue weighted by molar-refractivity contribution is 7.99. The summed E-state index contributed by atoms with van der Waals surface area (Å²) in [6, 6.07) is 15.0. The normalized spacial score (nSPS) is 14.8. The number of aromatic amines is 1. The Balaban J connectivity index is 0.798. The van der Waals surface area contributed by atoms with Gasteiger partial charge in [0.15, 0.2) is 5.88 Å². The number of aromatic hydroxyl groups is 2. The van der Waals surface area contributed by atoms with Gasteiger partial charge in [0.2, 0.25) is 23.6 Å². The summed E-state index contributed by atoms with van der Waals surface area (Å²) in [6.07, 6.45) is 2.90. The zero-order chi connectivity index (χ0) is 67.0. The number of carboxylic acid groups (broad SMARTS) is 1. The van der Waals surface area contributed by atoms with Gasteiger partial charge >= 0.3 is 24.2 Å². The van der Waals surface area contributed by atoms with Crippen LogP contribution in [0.15, 0.2) is 71.6 Å². The van der Waals surface area contributed by atoms with Gasteiger partial charge in [-0.05, 0) is 112 Å². The first kappa shape index (κ1) is 70.4. The van der Waals surface area contributed by atoms with Gasteiger partial charge in [-0.25, -0.2) is 14.4 Å². The van der Waals surface area contributed by atoms with Gasteiger partial charge in [0.25, 0.3) is 5.91 Å². The van der Waals surface area contributed by atoms with Crippen LogP contribution in [0.5, 0.6) is 23.3 Å². The zero-order valence-corrected chi connectivity index (χ0v) is 55.2. The minimum Gasteiger partial charge on any atom is -0.494 e. The number of anilines is 2. The molecule has 1 fully saturated rings. The predicted octanol–water partition coefficient (Wildman–Crippen LogP) is 7.84. The van der Waals surface area contributed by atoms with Crippen LogP contribution < -0.4 is 47.1 Å². The molecule has 0 saturated carbocycles. The fourth-order valence-corrected chi connectivity index (χ4v) is 13.3. The lowest BCUT2D eigenvalue weighted by molar-refractivity contribution is -0.138. The number of carbonyl (C=O) groups excluding carboxylic acids is 7. The van der Waals surface area contributed by atoms with Crippen molar-refractivity contribution in [3.05, 3.63) is 88.4 Å². The number of fused-ring (bicyclic) bond motifs is 4. The Hall–Kier alpha value is -8.44. The number of aromatic nitrogens is 2. The molecule has 29 heteroatoms. The largest absolute Gasteiger partial charge is 0.494 e. The van der Waals surface area contributed by atoms with Gasteiger partial charge in [0, 0.05) is 127 Å². The number of amides is 8. The molecule has 2 aliphatic heterocycles. The monoisotopic (exact) mass is 1340 g/mol. The van der Waals surface area contributed by atoms with Crippen LogP contribution in [0, 0.1) is 12.8 Å². The summed E-state index contributed by atoms with van der Waals surface area (Å²) < 4.78 is 19.9. The summed E-state index contributed by atoms with van der Waals surface area (Å²) in [5.41, 5.74) is 14.5. The molecular formula is C64H83ClN12O14S2. The van der Waals surface area contributed by atoms with E-state index in [2.05, 4.69) is 31.2 Å². The summed E-state index contributed by atoms with van der Waals surface area (Å²) in [4.78, 5) is 116. The molecule has 1 saturated heterocycles. The predicted molar refractivity (Wildman–Crippen MR) is 356 cm³/mol. The number of thiophene rings is 1. The Labute approximate surface area is 551 Å². The van der Waals surface area contributed by atoms with Gasteiger partial charge in [0.1, 0.15) is 48.5 Å². The smallest absolute Gasteiger partial charge is 0.415 e. The number of unbranched alkanes of at least 4 members (excludes halogenated alkanes) is 2. The number of carboxylic acids is 1. The maximum atomic E-state index is 14.4. The van der Waals surface area contributed by atoms with Crippen molar-refractivity contribution >= 4 is 115 Å². The van der Waals surface area contributed by atoms with Crippen molar-refractivity contribution in [3.63, 3.8) is 0 Å². The molecule has 0 aliphatic carbocycles. The summed E-state index contributed by atoms with van der Waals surface area (Å²) in [5.74, 6) is -2.76. The number of halogens is 1. The number of urea groups is 1. The van der Waals surface area contributed by atoms with Crippen molar-refractivity contribution in [1.82, 2.24) is 40.2 Å². The number of ether oxygens (including phenoxy) is 3. The number of thioether (sulfide) groups is 1. The molecule has 0 spiro atoms. The zero-order valence-electron chi connectivity index (χ0n) is 52.8. The number of H-pyrrole nitrogens is 1. The third-order valence-electron chi connectivity index (χ3n) is 16.2. The van der Waals surface area contributed by atoms with Crippen molar-refractivity contribution in [2.45, 2.75) is 114 Å². The number of aliphatic carboxylic acids is 1. The van der Waals surface area contributed by atoms with Gasteiger partial charge in [-0.1, -0.05) is 32.4 Å². The summed E-state index contributed by atoms with van der Waals surface area (Å²) in [7, 11) is 3.09. The van der Waals surface area contributed by atoms with E-state index in [4.69, 9.17) is 42.4 Å². The van der Waals surface area contributed by atoms with Crippen LogP contribution in [0.3, 0.4) is 0 Å². The number of nitrogens with two attached hydrogens (primary N) is 2. The van der Waals surface area contributed by atoms with Crippen molar-refractivity contribution in [1.29, 1.82) is 0 Å². The van der Waals surface area contributed by atoms with Gasteiger partial charge in [0.05, 0.1) is 10.6 Å². The number of aryl methyl sites for hydroxylation is 1. The Morgan fingerprint density at radius 2 is 1.61 bits per heavy atom. The van der Waals surface area contributed by atoms with Crippen LogP contribution in [0.25, 0.3) is 21.0 Å². The number of primary amides is 1. The van der Waals surface area contributed by atoms with Crippen molar-refractivity contribution < 1.29 is 67.9 Å². The standard InChI is InChI=1S/C64H83ClN12O14S2/c1-37(2)55(72-52(78)13-7-6-8-23-76-53(79)32-51(60(76)83)92-36-45(66)61(84)85)58(81)71-47(12-11-20-68-62(67)86)57(80)69-42-16-14-39(15-17-42)35-90-63(87)73(4)24-25-74(5)64(88)91-50-31-49-54(56-44(50)28-38(3)93-56)41(33-65)34-77(49)59(82)48-30-40-29-43(18-19-46(40)70-48)89-27-26-75-21-9-10-22-75/h14-19,28-32,37,41,45,47,55,70,79,83H,6-13,20-27,33-36,66H2,1-5H3,(H,69,80)(H,71,81)(H,72,78)(H,84,85)(H3,67,68,86). The number of benzene rings is 3. The van der Waals surface area contributed by atoms with E-state index in [0.29, 0.717) is 55.0 Å². The topological polar surface area (TPSA) is 359 Å². The van der Waals surface area contributed by atoms with Crippen LogP contribution >= 0.6 is 34.7 Å². The summed E-state index contributed by atoms with van der Waals surface area (Å²) >= 11 is 9.14. The van der Waals surface area contributed by atoms with E-state index in [1.165, 1.54) is 51.7 Å². The number of nitrogens with one attached hydrogen (secondary N) is 5. The molecule has 0 radical (unpaired) electrons. The van der Waals surface area contributed by atoms with Gasteiger partial charge < -0.3 is 81.9 Å².